The maximum atomic E-state index is 12.3. The predicted octanol–water partition coefficient (Wildman–Crippen LogP) is -0.137. The summed E-state index contributed by atoms with van der Waals surface area (Å²) in [5.74, 6) is -1.11. The van der Waals surface area contributed by atoms with Crippen LogP contribution in [-0.2, 0) is 4.79 Å². The molecule has 7 nitrogen and oxygen atoms in total. The SMILES string of the molecule is CN(CC1(O)CCCC1)C(=O)N1C[C@@H](O)C[C@H]1C(=O)O. The molecule has 2 fully saturated rings. The first-order valence-corrected chi connectivity index (χ1v) is 6.97. The van der Waals surface area contributed by atoms with Gasteiger partial charge in [-0.1, -0.05) is 12.8 Å². The topological polar surface area (TPSA) is 101 Å². The van der Waals surface area contributed by atoms with Crippen LogP contribution in [0, 0.1) is 0 Å². The van der Waals surface area contributed by atoms with Crippen LogP contribution in [0.5, 0.6) is 0 Å². The molecule has 2 amide bonds. The number of carboxylic acid groups (broad SMARTS) is 1. The van der Waals surface area contributed by atoms with Crippen LogP contribution in [-0.4, -0.2) is 75.0 Å². The number of urea groups is 1. The van der Waals surface area contributed by atoms with Crippen LogP contribution in [0.15, 0.2) is 0 Å². The van der Waals surface area contributed by atoms with Crippen molar-refractivity contribution in [2.24, 2.45) is 0 Å². The normalized spacial score (nSPS) is 28.6. The summed E-state index contributed by atoms with van der Waals surface area (Å²) in [6.45, 7) is 0.226. The first-order chi connectivity index (χ1) is 9.32. The number of β-amino-alcohol motifs (C(OH)–C–C–N with tert-alkyl or cyclic N) is 1. The molecule has 1 saturated heterocycles. The van der Waals surface area contributed by atoms with Gasteiger partial charge in [-0.2, -0.15) is 0 Å². The maximum Gasteiger partial charge on any atom is 0.326 e. The van der Waals surface area contributed by atoms with Crippen molar-refractivity contribution >= 4 is 12.0 Å². The van der Waals surface area contributed by atoms with Gasteiger partial charge in [0.05, 0.1) is 18.2 Å². The molecule has 0 aromatic heterocycles. The number of aliphatic hydroxyl groups is 2. The Bertz CT molecular complexity index is 394. The van der Waals surface area contributed by atoms with Crippen molar-refractivity contribution in [1.29, 1.82) is 0 Å². The minimum atomic E-state index is -1.11. The number of likely N-dealkylation sites (tertiary alicyclic amines) is 1. The zero-order valence-electron chi connectivity index (χ0n) is 11.7. The van der Waals surface area contributed by atoms with Crippen LogP contribution in [0.3, 0.4) is 0 Å². The van der Waals surface area contributed by atoms with E-state index in [2.05, 4.69) is 0 Å². The lowest BCUT2D eigenvalue weighted by molar-refractivity contribution is -0.141. The molecule has 0 aromatic rings. The molecule has 7 heteroatoms. The molecule has 114 valence electrons. The fourth-order valence-corrected chi connectivity index (χ4v) is 3.18. The second-order valence-electron chi connectivity index (χ2n) is 5.97. The standard InChI is InChI=1S/C13H22N2O5/c1-14(8-13(20)4-2-3-5-13)12(19)15-7-9(16)6-10(15)11(17)18/h9-10,16,20H,2-8H2,1H3,(H,17,18)/t9-,10-/m0/s1. The number of hydrogen-bond acceptors (Lipinski definition) is 4. The molecule has 0 radical (unpaired) electrons. The molecule has 0 aromatic carbocycles. The Kier molecular flexibility index (Phi) is 4.19. The molecule has 20 heavy (non-hydrogen) atoms. The zero-order chi connectivity index (χ0) is 14.9. The molecule has 1 heterocycles. The Morgan fingerprint density at radius 2 is 1.95 bits per heavy atom. The van der Waals surface area contributed by atoms with Crippen LogP contribution in [0.25, 0.3) is 0 Å². The summed E-state index contributed by atoms with van der Waals surface area (Å²) in [6.07, 6.45) is 2.46. The third-order valence-electron chi connectivity index (χ3n) is 4.20. The van der Waals surface area contributed by atoms with Crippen molar-refractivity contribution in [1.82, 2.24) is 9.80 Å². The summed E-state index contributed by atoms with van der Waals surface area (Å²) in [4.78, 5) is 26.0. The Morgan fingerprint density at radius 3 is 2.50 bits per heavy atom. The van der Waals surface area contributed by atoms with Crippen LogP contribution in [0.2, 0.25) is 0 Å². The van der Waals surface area contributed by atoms with E-state index in [1.54, 1.807) is 7.05 Å². The smallest absolute Gasteiger partial charge is 0.326 e. The molecule has 1 aliphatic heterocycles. The van der Waals surface area contributed by atoms with Gasteiger partial charge in [0.2, 0.25) is 0 Å². The van der Waals surface area contributed by atoms with Gasteiger partial charge in [-0.15, -0.1) is 0 Å². The fourth-order valence-electron chi connectivity index (χ4n) is 3.18. The number of hydrogen-bond donors (Lipinski definition) is 3. The molecule has 2 rings (SSSR count). The number of likely N-dealkylation sites (N-methyl/N-ethyl adjacent to an activating group) is 1. The van der Waals surface area contributed by atoms with E-state index in [0.717, 1.165) is 12.8 Å². The van der Waals surface area contributed by atoms with Crippen molar-refractivity contribution in [3.63, 3.8) is 0 Å². The van der Waals surface area contributed by atoms with Gasteiger partial charge in [0, 0.05) is 20.0 Å². The van der Waals surface area contributed by atoms with Crippen LogP contribution < -0.4 is 0 Å². The number of carboxylic acids is 1. The molecule has 2 aliphatic rings. The van der Waals surface area contributed by atoms with E-state index in [1.165, 1.54) is 9.80 Å². The molecular formula is C13H22N2O5. The predicted molar refractivity (Wildman–Crippen MR) is 70.2 cm³/mol. The minimum absolute atomic E-state index is 0.0264. The molecule has 0 bridgehead atoms. The summed E-state index contributed by atoms with van der Waals surface area (Å²) < 4.78 is 0. The minimum Gasteiger partial charge on any atom is -0.480 e. The highest BCUT2D eigenvalue weighted by Crippen LogP contribution is 2.30. The molecular weight excluding hydrogens is 264 g/mol. The fraction of sp³-hybridized carbons (Fsp3) is 0.846. The van der Waals surface area contributed by atoms with Gasteiger partial charge in [0.15, 0.2) is 0 Å². The van der Waals surface area contributed by atoms with Gasteiger partial charge in [-0.05, 0) is 12.8 Å². The van der Waals surface area contributed by atoms with E-state index in [1.807, 2.05) is 0 Å². The van der Waals surface area contributed by atoms with Crippen molar-refractivity contribution in [3.05, 3.63) is 0 Å². The molecule has 0 unspecified atom stereocenters. The molecule has 0 spiro atoms. The van der Waals surface area contributed by atoms with Gasteiger partial charge >= 0.3 is 12.0 Å². The summed E-state index contributed by atoms with van der Waals surface area (Å²) in [7, 11) is 1.56. The third kappa shape index (κ3) is 3.04. The monoisotopic (exact) mass is 286 g/mol. The van der Waals surface area contributed by atoms with Crippen molar-refractivity contribution in [2.75, 3.05) is 20.1 Å². The third-order valence-corrected chi connectivity index (χ3v) is 4.20. The number of carbonyl (C=O) groups is 2. The first kappa shape index (κ1) is 15.1. The Hall–Kier alpha value is -1.34. The van der Waals surface area contributed by atoms with Crippen molar-refractivity contribution in [2.45, 2.75) is 49.9 Å². The van der Waals surface area contributed by atoms with Gasteiger partial charge in [-0.3, -0.25) is 0 Å². The quantitative estimate of drug-likeness (QED) is 0.670. The lowest BCUT2D eigenvalue weighted by atomic mass is 10.0. The van der Waals surface area contributed by atoms with Gasteiger partial charge in [0.1, 0.15) is 6.04 Å². The van der Waals surface area contributed by atoms with E-state index >= 15 is 0 Å². The molecule has 3 N–H and O–H groups in total. The van der Waals surface area contributed by atoms with E-state index in [0.29, 0.717) is 12.8 Å². The number of rotatable bonds is 3. The lowest BCUT2D eigenvalue weighted by Gasteiger charge is -2.32. The second kappa shape index (κ2) is 5.57. The van der Waals surface area contributed by atoms with Crippen LogP contribution >= 0.6 is 0 Å². The van der Waals surface area contributed by atoms with E-state index < -0.39 is 29.7 Å². The van der Waals surface area contributed by atoms with E-state index in [4.69, 9.17) is 5.11 Å². The molecule has 1 aliphatic carbocycles. The average molecular weight is 286 g/mol. The highest BCUT2D eigenvalue weighted by atomic mass is 16.4. The zero-order valence-corrected chi connectivity index (χ0v) is 11.7. The second-order valence-corrected chi connectivity index (χ2v) is 5.97. The highest BCUT2D eigenvalue weighted by Gasteiger charge is 2.41. The largest absolute Gasteiger partial charge is 0.480 e. The lowest BCUT2D eigenvalue weighted by Crippen LogP contribution is -2.50. The van der Waals surface area contributed by atoms with Crippen LogP contribution in [0.1, 0.15) is 32.1 Å². The summed E-state index contributed by atoms with van der Waals surface area (Å²) >= 11 is 0. The van der Waals surface area contributed by atoms with Gasteiger partial charge < -0.3 is 25.1 Å². The maximum absolute atomic E-state index is 12.3. The van der Waals surface area contributed by atoms with Gasteiger partial charge in [0.25, 0.3) is 0 Å². The Labute approximate surface area is 117 Å². The number of carbonyl (C=O) groups excluding carboxylic acids is 1. The van der Waals surface area contributed by atoms with Crippen molar-refractivity contribution < 1.29 is 24.9 Å². The first-order valence-electron chi connectivity index (χ1n) is 6.97. The summed E-state index contributed by atoms with van der Waals surface area (Å²) in [6, 6.07) is -1.44. The van der Waals surface area contributed by atoms with Gasteiger partial charge in [-0.25, -0.2) is 9.59 Å². The number of aliphatic carboxylic acids is 1. The Morgan fingerprint density at radius 1 is 1.35 bits per heavy atom. The Balaban J connectivity index is 2.00. The number of nitrogens with zero attached hydrogens (tertiary/aromatic N) is 2. The van der Waals surface area contributed by atoms with E-state index in [9.17, 15) is 19.8 Å². The average Bonchev–Trinajstić information content (AvgIpc) is 2.94. The summed E-state index contributed by atoms with van der Waals surface area (Å²) in [5.41, 5.74) is -0.860. The van der Waals surface area contributed by atoms with E-state index in [-0.39, 0.29) is 19.5 Å². The number of amides is 2. The van der Waals surface area contributed by atoms with Crippen molar-refractivity contribution in [3.8, 4) is 0 Å². The summed E-state index contributed by atoms with van der Waals surface area (Å²) in [5, 5.41) is 29.0. The van der Waals surface area contributed by atoms with Crippen LogP contribution in [0.4, 0.5) is 4.79 Å². The molecule has 1 saturated carbocycles. The molecule has 2 atom stereocenters. The number of aliphatic hydroxyl groups excluding tert-OH is 1. The highest BCUT2D eigenvalue weighted by molar-refractivity contribution is 5.83.